The molecule has 6 heterocycles. The van der Waals surface area contributed by atoms with Crippen LogP contribution in [-0.2, 0) is 26.7 Å². The molecule has 12 rings (SSSR count). The first-order chi connectivity index (χ1) is 45.0. The number of aryl methyl sites for hydroxylation is 1. The monoisotopic (exact) mass is 1270 g/mol. The summed E-state index contributed by atoms with van der Waals surface area (Å²) in [4.78, 5) is 81.1. The molecule has 0 unspecified atom stereocenters. The van der Waals surface area contributed by atoms with Gasteiger partial charge in [0.1, 0.15) is 40.7 Å². The molecule has 0 aliphatic carbocycles. The van der Waals surface area contributed by atoms with Gasteiger partial charge in [-0.15, -0.1) is 0 Å². The lowest BCUT2D eigenvalue weighted by molar-refractivity contribution is 0.0739. The topological polar surface area (TPSA) is 197 Å². The Balaban J connectivity index is 0.000000153. The number of halogens is 2. The molecule has 93 heavy (non-hydrogen) atoms. The minimum absolute atomic E-state index is 0.0456. The van der Waals surface area contributed by atoms with E-state index in [0.717, 1.165) is 71.1 Å². The van der Waals surface area contributed by atoms with Crippen LogP contribution < -0.4 is 31.4 Å². The quantitative estimate of drug-likeness (QED) is 0.107. The molecule has 3 aliphatic rings. The van der Waals surface area contributed by atoms with Crippen LogP contribution in [0.25, 0.3) is 32.7 Å². The fourth-order valence-corrected chi connectivity index (χ4v) is 12.5. The van der Waals surface area contributed by atoms with Crippen molar-refractivity contribution in [1.29, 1.82) is 15.8 Å². The highest BCUT2D eigenvalue weighted by atomic mass is 35.5. The van der Waals surface area contributed by atoms with E-state index in [-0.39, 0.29) is 51.0 Å². The standard InChI is InChI=1S/C25H26ClN5O2.C25H26FN5O2.C22H22N4O/c2*1-28(2)11-16-31-22-6-4-3-5-20(22)23(21(17-27)25(31)33)29-12-14-30(15-13-29)24(32)18-7-9-19(26)10-8-18;1-24-20-10-6-5-9-18(20)21(19(15-23)22(24)27)26-13-11-25(12-14-26)16-17-7-3-2-4-8-17/h2*3-10H,11-16H2,1-2H3;2-10H,11-14,16H2,1H3. The Morgan fingerprint density at radius 2 is 0.817 bits per heavy atom. The van der Waals surface area contributed by atoms with Gasteiger partial charge in [-0.2, -0.15) is 15.8 Å². The van der Waals surface area contributed by atoms with Crippen molar-refractivity contribution in [3.05, 3.63) is 227 Å². The van der Waals surface area contributed by atoms with E-state index in [1.807, 2.05) is 122 Å². The number of aromatic nitrogens is 3. The summed E-state index contributed by atoms with van der Waals surface area (Å²) < 4.78 is 18.1. The van der Waals surface area contributed by atoms with Crippen molar-refractivity contribution in [2.75, 3.05) is 135 Å². The second-order valence-electron chi connectivity index (χ2n) is 23.8. The normalized spacial score (nSPS) is 14.3. The lowest BCUT2D eigenvalue weighted by Crippen LogP contribution is -2.49. The molecule has 0 spiro atoms. The molecule has 0 bridgehead atoms. The maximum absolute atomic E-state index is 13.3. The molecule has 9 aromatic rings. The van der Waals surface area contributed by atoms with Crippen molar-refractivity contribution in [2.45, 2.75) is 19.6 Å². The van der Waals surface area contributed by atoms with Gasteiger partial charge in [0.2, 0.25) is 0 Å². The van der Waals surface area contributed by atoms with Gasteiger partial charge in [-0.3, -0.25) is 28.9 Å². The van der Waals surface area contributed by atoms with Gasteiger partial charge >= 0.3 is 0 Å². The van der Waals surface area contributed by atoms with E-state index >= 15 is 0 Å². The molecule has 0 radical (unpaired) electrons. The van der Waals surface area contributed by atoms with Crippen LogP contribution in [0.5, 0.6) is 0 Å². The molecule has 0 saturated carbocycles. The van der Waals surface area contributed by atoms with Crippen LogP contribution >= 0.6 is 11.6 Å². The minimum Gasteiger partial charge on any atom is -0.367 e. The summed E-state index contributed by atoms with van der Waals surface area (Å²) in [6.07, 6.45) is 0. The van der Waals surface area contributed by atoms with E-state index in [1.165, 1.54) is 29.8 Å². The van der Waals surface area contributed by atoms with Crippen molar-refractivity contribution < 1.29 is 14.0 Å². The van der Waals surface area contributed by atoms with Crippen LogP contribution in [0, 0.1) is 39.8 Å². The first-order valence-corrected chi connectivity index (χ1v) is 31.4. The van der Waals surface area contributed by atoms with Gasteiger partial charge in [0.05, 0.1) is 33.6 Å². The molecule has 0 atom stereocenters. The fraction of sp³-hybridized carbons (Fsp3) is 0.306. The molecular formula is C72H74ClFN14O5. The summed E-state index contributed by atoms with van der Waals surface area (Å²) in [5.41, 5.74) is 6.65. The van der Waals surface area contributed by atoms with Crippen LogP contribution in [0.2, 0.25) is 5.02 Å². The number of benzene rings is 6. The molecule has 2 amide bonds. The Morgan fingerprint density at radius 3 is 1.23 bits per heavy atom. The number of nitrogens with zero attached hydrogens (tertiary/aromatic N) is 14. The summed E-state index contributed by atoms with van der Waals surface area (Å²) in [5, 5.41) is 32.8. The van der Waals surface area contributed by atoms with Gasteiger partial charge in [-0.1, -0.05) is 96.5 Å². The van der Waals surface area contributed by atoms with Gasteiger partial charge in [0.25, 0.3) is 28.5 Å². The molecule has 6 aromatic carbocycles. The Labute approximate surface area is 544 Å². The number of pyridine rings is 3. The van der Waals surface area contributed by atoms with Gasteiger partial charge in [0.15, 0.2) is 0 Å². The number of hydrogen-bond acceptors (Lipinski definition) is 14. The number of carbonyl (C=O) groups excluding carboxylic acids is 2. The SMILES string of the molecule is CN(C)CCn1c(=O)c(C#N)c(N2CCN(C(=O)c3ccc(Cl)cc3)CC2)c2ccccc21.CN(C)CCn1c(=O)c(C#N)c(N2CCN(C(=O)c3ccc(F)cc3)CC2)c2ccccc21.Cn1c(=O)c(C#N)c(N2CCN(Cc3ccccc3)CC2)c2ccccc21. The molecule has 0 N–H and O–H groups in total. The number of fused-ring (bicyclic) bond motifs is 3. The lowest BCUT2D eigenvalue weighted by Gasteiger charge is -2.37. The second kappa shape index (κ2) is 29.9. The number of likely N-dealkylation sites (N-methyl/N-ethyl adjacent to an activating group) is 2. The van der Waals surface area contributed by atoms with Crippen LogP contribution in [0.15, 0.2) is 166 Å². The van der Waals surface area contributed by atoms with E-state index in [0.29, 0.717) is 106 Å². The molecule has 3 saturated heterocycles. The number of rotatable bonds is 13. The van der Waals surface area contributed by atoms with Crippen LogP contribution in [0.1, 0.15) is 43.0 Å². The fourth-order valence-electron chi connectivity index (χ4n) is 12.4. The number of amides is 2. The number of anilines is 3. The van der Waals surface area contributed by atoms with Crippen LogP contribution in [-0.4, -0.2) is 170 Å². The minimum atomic E-state index is -0.382. The van der Waals surface area contributed by atoms with Crippen molar-refractivity contribution in [1.82, 2.24) is 38.2 Å². The number of piperazine rings is 3. The highest BCUT2D eigenvalue weighted by molar-refractivity contribution is 6.30. The summed E-state index contributed by atoms with van der Waals surface area (Å²) >= 11 is 5.94. The Morgan fingerprint density at radius 1 is 0.462 bits per heavy atom. The Kier molecular flexibility index (Phi) is 21.1. The van der Waals surface area contributed by atoms with Crippen LogP contribution in [0.4, 0.5) is 21.5 Å². The van der Waals surface area contributed by atoms with Gasteiger partial charge in [-0.25, -0.2) is 4.39 Å². The van der Waals surface area contributed by atoms with E-state index in [1.54, 1.807) is 54.8 Å². The highest BCUT2D eigenvalue weighted by Crippen LogP contribution is 2.33. The number of carbonyl (C=O) groups is 2. The highest BCUT2D eigenvalue weighted by Gasteiger charge is 2.30. The molecule has 19 nitrogen and oxygen atoms in total. The first kappa shape index (κ1) is 65.8. The van der Waals surface area contributed by atoms with Gasteiger partial charge < -0.3 is 48.0 Å². The predicted octanol–water partition coefficient (Wildman–Crippen LogP) is 8.32. The van der Waals surface area contributed by atoms with Crippen molar-refractivity contribution in [3.63, 3.8) is 0 Å². The van der Waals surface area contributed by atoms with E-state index in [4.69, 9.17) is 11.6 Å². The Hall–Kier alpha value is -10.1. The zero-order valence-corrected chi connectivity index (χ0v) is 53.8. The van der Waals surface area contributed by atoms with Crippen molar-refractivity contribution in [2.24, 2.45) is 7.05 Å². The predicted molar refractivity (Wildman–Crippen MR) is 365 cm³/mol. The maximum atomic E-state index is 13.3. The summed E-state index contributed by atoms with van der Waals surface area (Å²) in [5.74, 6) is -0.581. The van der Waals surface area contributed by atoms with Crippen molar-refractivity contribution in [3.8, 4) is 18.2 Å². The van der Waals surface area contributed by atoms with Crippen LogP contribution in [0.3, 0.4) is 0 Å². The molecular weight excluding hydrogens is 1200 g/mol. The van der Waals surface area contributed by atoms with Gasteiger partial charge in [-0.05, 0) is 100 Å². The summed E-state index contributed by atoms with van der Waals surface area (Å²) in [6, 6.07) is 52.5. The third-order valence-corrected chi connectivity index (χ3v) is 17.6. The van der Waals surface area contributed by atoms with E-state index < -0.39 is 0 Å². The Bertz CT molecular complexity index is 4310. The maximum Gasteiger partial charge on any atom is 0.271 e. The van der Waals surface area contributed by atoms with E-state index in [2.05, 4.69) is 57.2 Å². The summed E-state index contributed by atoms with van der Waals surface area (Å²) in [7, 11) is 9.53. The molecule has 3 fully saturated rings. The second-order valence-corrected chi connectivity index (χ2v) is 24.2. The molecule has 476 valence electrons. The molecule has 3 aromatic heterocycles. The molecule has 21 heteroatoms. The third-order valence-electron chi connectivity index (χ3n) is 17.3. The smallest absolute Gasteiger partial charge is 0.271 e. The zero-order valence-electron chi connectivity index (χ0n) is 53.0. The average molecular weight is 1270 g/mol. The van der Waals surface area contributed by atoms with Gasteiger partial charge in [0, 0.05) is 151 Å². The number of nitriles is 3. The van der Waals surface area contributed by atoms with E-state index in [9.17, 15) is 44.1 Å². The number of para-hydroxylation sites is 3. The largest absolute Gasteiger partial charge is 0.367 e. The zero-order chi connectivity index (χ0) is 65.9. The lowest BCUT2D eigenvalue weighted by atomic mass is 10.1. The third kappa shape index (κ3) is 14.6. The van der Waals surface area contributed by atoms with Crippen molar-refractivity contribution >= 4 is 73.2 Å². The molecule has 3 aliphatic heterocycles. The first-order valence-electron chi connectivity index (χ1n) is 31.0. The number of hydrogen-bond donors (Lipinski definition) is 0. The summed E-state index contributed by atoms with van der Waals surface area (Å²) in [6.45, 7) is 10.7. The average Bonchev–Trinajstić information content (AvgIpc) is 0.778.